The molecule has 0 nitrogen and oxygen atoms in total. The van der Waals surface area contributed by atoms with Crippen LogP contribution in [0.4, 0.5) is 0 Å². The van der Waals surface area contributed by atoms with Gasteiger partial charge in [-0.25, -0.2) is 0 Å². The van der Waals surface area contributed by atoms with Crippen molar-refractivity contribution in [2.24, 2.45) is 0 Å². The van der Waals surface area contributed by atoms with Crippen molar-refractivity contribution in [3.8, 4) is 0 Å². The van der Waals surface area contributed by atoms with Gasteiger partial charge in [-0.1, -0.05) is 79.4 Å². The number of benzene rings is 2. The summed E-state index contributed by atoms with van der Waals surface area (Å²) in [5, 5.41) is 5.46. The van der Waals surface area contributed by atoms with Crippen LogP contribution in [0.1, 0.15) is 118 Å². The molecule has 0 bridgehead atoms. The third-order valence-corrected chi connectivity index (χ3v) is 5.59. The van der Waals surface area contributed by atoms with Crippen LogP contribution < -0.4 is 0 Å². The molecule has 4 rings (SSSR count). The van der Waals surface area contributed by atoms with E-state index in [1.54, 1.807) is 0 Å². The molecular formula is C41H65Ti2. The van der Waals surface area contributed by atoms with E-state index in [0.29, 0.717) is 0 Å². The number of unbranched alkanes of at least 4 members (excludes halogenated alkanes) is 4. The summed E-state index contributed by atoms with van der Waals surface area (Å²) in [5.41, 5.74) is 2.87. The van der Waals surface area contributed by atoms with Gasteiger partial charge in [-0.3, -0.25) is 0 Å². The number of fused-ring (bicyclic) bond motifs is 2. The van der Waals surface area contributed by atoms with Gasteiger partial charge in [-0.2, -0.15) is 51.7 Å². The van der Waals surface area contributed by atoms with Crippen molar-refractivity contribution in [1.82, 2.24) is 0 Å². The van der Waals surface area contributed by atoms with Crippen LogP contribution in [0, 0.1) is 34.1 Å². The molecule has 4 aromatic carbocycles. The van der Waals surface area contributed by atoms with Crippen LogP contribution in [0.3, 0.4) is 0 Å². The Morgan fingerprint density at radius 2 is 0.767 bits per heavy atom. The predicted octanol–water partition coefficient (Wildman–Crippen LogP) is 14.0. The summed E-state index contributed by atoms with van der Waals surface area (Å²) >= 11 is 0. The van der Waals surface area contributed by atoms with Crippen molar-refractivity contribution in [3.63, 3.8) is 0 Å². The second-order valence-electron chi connectivity index (χ2n) is 9.68. The molecule has 43 heavy (non-hydrogen) atoms. The molecule has 0 saturated heterocycles. The number of hydrogen-bond acceptors (Lipinski definition) is 0. The summed E-state index contributed by atoms with van der Waals surface area (Å²) in [4.78, 5) is 0. The Morgan fingerprint density at radius 3 is 0.953 bits per heavy atom. The molecule has 0 saturated carbocycles. The van der Waals surface area contributed by atoms with Gasteiger partial charge in [0.25, 0.3) is 0 Å². The normalized spacial score (nSPS) is 8.65. The average molecular weight is 654 g/mol. The van der Waals surface area contributed by atoms with E-state index in [0.717, 1.165) is 38.5 Å². The largest absolute Gasteiger partial charge is 4.00 e. The predicted molar refractivity (Wildman–Crippen MR) is 195 cm³/mol. The van der Waals surface area contributed by atoms with E-state index >= 15 is 0 Å². The maximum atomic E-state index is 3.60. The quantitative estimate of drug-likeness (QED) is 0.144. The van der Waals surface area contributed by atoms with Crippen molar-refractivity contribution in [2.75, 3.05) is 0 Å². The molecule has 4 aromatic rings. The molecule has 0 atom stereocenters. The Kier molecular flexibility index (Phi) is 49.4. The smallest absolute Gasteiger partial charge is 0.343 e. The summed E-state index contributed by atoms with van der Waals surface area (Å²) in [7, 11) is 0. The van der Waals surface area contributed by atoms with Crippen molar-refractivity contribution < 1.29 is 43.4 Å². The molecule has 0 aliphatic heterocycles. The Bertz CT molecular complexity index is 845. The van der Waals surface area contributed by atoms with E-state index in [1.807, 2.05) is 20.3 Å². The molecule has 0 heterocycles. The van der Waals surface area contributed by atoms with Crippen molar-refractivity contribution in [2.45, 2.75) is 120 Å². The van der Waals surface area contributed by atoms with E-state index in [-0.39, 0.29) is 43.4 Å². The minimum atomic E-state index is 0. The second kappa shape index (κ2) is 41.1. The van der Waals surface area contributed by atoms with Crippen LogP contribution in [-0.4, -0.2) is 0 Å². The fourth-order valence-corrected chi connectivity index (χ4v) is 2.84. The van der Waals surface area contributed by atoms with E-state index in [1.165, 1.54) is 58.4 Å². The second-order valence-corrected chi connectivity index (χ2v) is 9.68. The van der Waals surface area contributed by atoms with Crippen LogP contribution in [0.25, 0.3) is 21.5 Å². The molecule has 1 radical (unpaired) electrons. The van der Waals surface area contributed by atoms with E-state index in [2.05, 4.69) is 142 Å². The van der Waals surface area contributed by atoms with Crippen molar-refractivity contribution in [1.29, 1.82) is 0 Å². The van der Waals surface area contributed by atoms with Gasteiger partial charge >= 0.3 is 43.4 Å². The zero-order valence-electron chi connectivity index (χ0n) is 29.4. The molecule has 0 spiro atoms. The first kappa shape index (κ1) is 51.7. The van der Waals surface area contributed by atoms with E-state index in [9.17, 15) is 0 Å². The van der Waals surface area contributed by atoms with Gasteiger partial charge in [0.15, 0.2) is 0 Å². The molecular weight excluding hydrogens is 588 g/mol. The minimum absolute atomic E-state index is 0. The zero-order valence-corrected chi connectivity index (χ0v) is 32.5. The molecule has 0 amide bonds. The van der Waals surface area contributed by atoms with Gasteiger partial charge in [0, 0.05) is 0 Å². The van der Waals surface area contributed by atoms with Crippen LogP contribution in [0.5, 0.6) is 0 Å². The first-order valence-corrected chi connectivity index (χ1v) is 16.1. The SMILES string of the molecule is CCc1cc2ccccc2[cH-]1.CCc1cc2ccccc2[cH-]1.C[CH-]C.[CH2-]CCC.[CH2-]CCC.[CH2-]CCC.[CH2-]CCC.[Ti+3].[Ti+4]. The topological polar surface area (TPSA) is 0 Å². The Hall–Kier alpha value is -0.911. The monoisotopic (exact) mass is 653 g/mol. The van der Waals surface area contributed by atoms with E-state index < -0.39 is 0 Å². The maximum Gasteiger partial charge on any atom is 4.00 e. The molecule has 0 aliphatic rings. The molecule has 2 heteroatoms. The molecule has 0 fully saturated rings. The molecule has 0 aromatic heterocycles. The molecule has 0 N–H and O–H groups in total. The number of rotatable bonds is 6. The third kappa shape index (κ3) is 30.9. The molecule has 0 aliphatic carbocycles. The van der Waals surface area contributed by atoms with Gasteiger partial charge in [0.1, 0.15) is 0 Å². The summed E-state index contributed by atoms with van der Waals surface area (Å²) in [6, 6.07) is 26.0. The summed E-state index contributed by atoms with van der Waals surface area (Å²) in [6.45, 7) is 31.3. The molecule has 237 valence electrons. The van der Waals surface area contributed by atoms with Crippen LogP contribution >= 0.6 is 0 Å². The van der Waals surface area contributed by atoms with Crippen LogP contribution in [0.2, 0.25) is 0 Å². The third-order valence-electron chi connectivity index (χ3n) is 5.59. The van der Waals surface area contributed by atoms with E-state index in [4.69, 9.17) is 0 Å². The van der Waals surface area contributed by atoms with Gasteiger partial charge in [-0.15, -0.1) is 81.2 Å². The Balaban J connectivity index is -0.000000140. The van der Waals surface area contributed by atoms with Gasteiger partial charge in [-0.05, 0) is 12.8 Å². The summed E-state index contributed by atoms with van der Waals surface area (Å²) in [6.07, 6.45) is 13.4. The summed E-state index contributed by atoms with van der Waals surface area (Å²) < 4.78 is 0. The van der Waals surface area contributed by atoms with Crippen LogP contribution in [0.15, 0.2) is 72.8 Å². The first-order chi connectivity index (χ1) is 19.9. The average Bonchev–Trinajstić information content (AvgIpc) is 3.66. The zero-order chi connectivity index (χ0) is 31.7. The van der Waals surface area contributed by atoms with Crippen molar-refractivity contribution >= 4 is 21.5 Å². The fourth-order valence-electron chi connectivity index (χ4n) is 2.84. The maximum absolute atomic E-state index is 3.60. The fraction of sp³-hybridized carbons (Fsp3) is 0.439. The van der Waals surface area contributed by atoms with Gasteiger partial charge in [0.05, 0.1) is 0 Å². The Labute approximate surface area is 300 Å². The van der Waals surface area contributed by atoms with Crippen molar-refractivity contribution in [3.05, 3.63) is 118 Å². The molecule has 0 unspecified atom stereocenters. The van der Waals surface area contributed by atoms with Gasteiger partial charge in [0.2, 0.25) is 0 Å². The minimum Gasteiger partial charge on any atom is -0.343 e. The number of aryl methyl sites for hydroxylation is 2. The van der Waals surface area contributed by atoms with Crippen LogP contribution in [-0.2, 0) is 56.3 Å². The standard InChI is InChI=1S/2C11H11.4C4H9.C3H7.2Ti/c2*1-2-9-7-10-5-3-4-6-11(10)8-9;4*1-3-4-2;1-3-2;;/h2*3-8H,2H2,1H3;4*1,3-4H2,2H3;3H,1-2H3;;/q7*-1;+3;+4. The first-order valence-electron chi connectivity index (χ1n) is 16.1. The van der Waals surface area contributed by atoms with Gasteiger partial charge < -0.3 is 34.1 Å². The Morgan fingerprint density at radius 1 is 0.535 bits per heavy atom. The summed E-state index contributed by atoms with van der Waals surface area (Å²) in [5.74, 6) is 0. The number of hydrogen-bond donors (Lipinski definition) is 0.